The molecule has 15 heteroatoms. The van der Waals surface area contributed by atoms with Gasteiger partial charge in [-0.1, -0.05) is 11.6 Å². The molecule has 190 valence electrons. The van der Waals surface area contributed by atoms with Gasteiger partial charge in [-0.05, 0) is 43.3 Å². The molecule has 3 heterocycles. The second-order valence-corrected chi connectivity index (χ2v) is 10.4. The number of amides is 2. The first-order valence-electron chi connectivity index (χ1n) is 10.1. The van der Waals surface area contributed by atoms with E-state index in [2.05, 4.69) is 20.6 Å². The first kappa shape index (κ1) is 27.0. The smallest absolute Gasteiger partial charge is 0.289 e. The number of nitrogens with one attached hydrogen (secondary N) is 3. The predicted octanol–water partition coefficient (Wildman–Crippen LogP) is 3.28. The quantitative estimate of drug-likeness (QED) is 0.346. The lowest BCUT2D eigenvalue weighted by Crippen LogP contribution is -2.24. The van der Waals surface area contributed by atoms with Gasteiger partial charge in [0.2, 0.25) is 0 Å². The SMILES string of the molecule is CS(=O)(=O)O.Cc1nc(C(=O)Nc2ccc(N3CCOC3=N)cc2)c(C(=O)Nc2ccc(Cl)cn2)s1. The number of hydrogen-bond acceptors (Lipinski definition) is 9. The maximum atomic E-state index is 12.8. The number of rotatable bonds is 5. The summed E-state index contributed by atoms with van der Waals surface area (Å²) < 4.78 is 31.0. The number of aryl methyl sites for hydroxylation is 1. The zero-order valence-electron chi connectivity index (χ0n) is 19.0. The summed E-state index contributed by atoms with van der Waals surface area (Å²) in [7, 11) is -3.67. The summed E-state index contributed by atoms with van der Waals surface area (Å²) >= 11 is 6.93. The van der Waals surface area contributed by atoms with Crippen LogP contribution in [0.1, 0.15) is 25.2 Å². The third-order valence-electron chi connectivity index (χ3n) is 4.36. The lowest BCUT2D eigenvalue weighted by atomic mass is 10.2. The Hall–Kier alpha value is -3.59. The standard InChI is InChI=1S/C20H17ClN6O3S.CH4O3S/c1-11-24-16(17(31-11)19(29)26-15-7-2-12(21)10-23-15)18(28)25-13-3-5-14(6-4-13)27-8-9-30-20(27)22;1-5(2,3)4/h2-7,10,22H,8-9H2,1H3,(H,25,28)(H,23,26,29);1H3,(H,2,3,4). The van der Waals surface area contributed by atoms with Crippen LogP contribution in [-0.4, -0.2) is 60.2 Å². The van der Waals surface area contributed by atoms with Gasteiger partial charge in [-0.25, -0.2) is 9.97 Å². The first-order chi connectivity index (χ1) is 16.9. The molecule has 0 saturated carbocycles. The van der Waals surface area contributed by atoms with E-state index >= 15 is 0 Å². The lowest BCUT2D eigenvalue weighted by molar-refractivity contribution is 0.0990. The van der Waals surface area contributed by atoms with Crippen molar-refractivity contribution in [3.05, 3.63) is 63.2 Å². The Morgan fingerprint density at radius 3 is 2.39 bits per heavy atom. The van der Waals surface area contributed by atoms with E-state index in [4.69, 9.17) is 26.3 Å². The number of pyridine rings is 1. The summed E-state index contributed by atoms with van der Waals surface area (Å²) in [6.45, 7) is 2.79. The van der Waals surface area contributed by atoms with Gasteiger partial charge < -0.3 is 15.4 Å². The van der Waals surface area contributed by atoms with Gasteiger partial charge in [0.15, 0.2) is 5.69 Å². The number of hydrogen-bond donors (Lipinski definition) is 4. The number of benzene rings is 1. The zero-order valence-corrected chi connectivity index (χ0v) is 21.4. The second-order valence-electron chi connectivity index (χ2n) is 7.27. The second kappa shape index (κ2) is 11.4. The van der Waals surface area contributed by atoms with Crippen LogP contribution >= 0.6 is 22.9 Å². The van der Waals surface area contributed by atoms with E-state index < -0.39 is 21.9 Å². The van der Waals surface area contributed by atoms with Gasteiger partial charge in [-0.3, -0.25) is 24.5 Å². The van der Waals surface area contributed by atoms with E-state index in [9.17, 15) is 18.0 Å². The van der Waals surface area contributed by atoms with Crippen LogP contribution in [0.5, 0.6) is 0 Å². The van der Waals surface area contributed by atoms with Gasteiger partial charge in [-0.2, -0.15) is 8.42 Å². The average molecular weight is 553 g/mol. The van der Waals surface area contributed by atoms with Gasteiger partial charge in [0.05, 0.1) is 22.8 Å². The molecule has 36 heavy (non-hydrogen) atoms. The zero-order chi connectivity index (χ0) is 26.5. The van der Waals surface area contributed by atoms with Gasteiger partial charge in [0.25, 0.3) is 28.0 Å². The Morgan fingerprint density at radius 1 is 1.17 bits per heavy atom. The van der Waals surface area contributed by atoms with Crippen molar-refractivity contribution in [3.63, 3.8) is 0 Å². The van der Waals surface area contributed by atoms with Crippen molar-refractivity contribution < 1.29 is 27.3 Å². The van der Waals surface area contributed by atoms with Crippen LogP contribution in [0.25, 0.3) is 0 Å². The minimum atomic E-state index is -3.67. The molecule has 0 radical (unpaired) electrons. The first-order valence-corrected chi connectivity index (χ1v) is 13.2. The molecule has 2 amide bonds. The molecule has 0 unspecified atom stereocenters. The molecule has 0 spiro atoms. The molecule has 0 bridgehead atoms. The van der Waals surface area contributed by atoms with E-state index in [1.54, 1.807) is 48.2 Å². The minimum Gasteiger partial charge on any atom is -0.463 e. The minimum absolute atomic E-state index is 0.0350. The molecule has 0 aliphatic carbocycles. The van der Waals surface area contributed by atoms with Crippen LogP contribution in [0.3, 0.4) is 0 Å². The van der Waals surface area contributed by atoms with E-state index in [1.807, 2.05) is 0 Å². The van der Waals surface area contributed by atoms with Crippen molar-refractivity contribution in [1.29, 1.82) is 5.41 Å². The third kappa shape index (κ3) is 7.71. The molecule has 1 saturated heterocycles. The number of amidine groups is 1. The van der Waals surface area contributed by atoms with Gasteiger partial charge >= 0.3 is 0 Å². The Morgan fingerprint density at radius 2 is 1.83 bits per heavy atom. The fraction of sp³-hybridized carbons (Fsp3) is 0.190. The monoisotopic (exact) mass is 552 g/mol. The van der Waals surface area contributed by atoms with Crippen LogP contribution in [0.15, 0.2) is 42.6 Å². The van der Waals surface area contributed by atoms with Crippen LogP contribution < -0.4 is 15.5 Å². The molecule has 2 aromatic heterocycles. The maximum Gasteiger partial charge on any atom is 0.289 e. The Balaban J connectivity index is 0.000000658. The number of anilines is 3. The van der Waals surface area contributed by atoms with E-state index in [1.165, 1.54) is 6.20 Å². The molecular formula is C21H21ClN6O6S2. The molecular weight excluding hydrogens is 532 g/mol. The molecule has 1 aliphatic heterocycles. The summed E-state index contributed by atoms with van der Waals surface area (Å²) in [4.78, 5) is 35.6. The summed E-state index contributed by atoms with van der Waals surface area (Å²) in [5.74, 6) is -0.657. The highest BCUT2D eigenvalue weighted by atomic mass is 35.5. The predicted molar refractivity (Wildman–Crippen MR) is 137 cm³/mol. The third-order valence-corrected chi connectivity index (χ3v) is 5.55. The summed E-state index contributed by atoms with van der Waals surface area (Å²) in [6.07, 6.45) is 2.13. The van der Waals surface area contributed by atoms with Crippen LogP contribution in [0.2, 0.25) is 5.02 Å². The van der Waals surface area contributed by atoms with Crippen LogP contribution in [0, 0.1) is 12.3 Å². The molecule has 4 rings (SSSR count). The summed E-state index contributed by atoms with van der Waals surface area (Å²) in [5.41, 5.74) is 1.37. The summed E-state index contributed by atoms with van der Waals surface area (Å²) in [6, 6.07) is 10.3. The number of halogens is 1. The van der Waals surface area contributed by atoms with E-state index in [-0.39, 0.29) is 16.6 Å². The normalized spacial score (nSPS) is 12.9. The molecule has 0 atom stereocenters. The van der Waals surface area contributed by atoms with Crippen molar-refractivity contribution in [2.45, 2.75) is 6.92 Å². The van der Waals surface area contributed by atoms with Crippen molar-refractivity contribution in [2.75, 3.05) is 34.9 Å². The lowest BCUT2D eigenvalue weighted by Gasteiger charge is -2.15. The van der Waals surface area contributed by atoms with E-state index in [0.717, 1.165) is 17.0 Å². The molecule has 4 N–H and O–H groups in total. The van der Waals surface area contributed by atoms with Crippen LogP contribution in [-0.2, 0) is 14.9 Å². The highest BCUT2D eigenvalue weighted by Gasteiger charge is 2.24. The summed E-state index contributed by atoms with van der Waals surface area (Å²) in [5, 5.41) is 14.2. The largest absolute Gasteiger partial charge is 0.463 e. The van der Waals surface area contributed by atoms with Gasteiger partial charge in [-0.15, -0.1) is 11.3 Å². The topological polar surface area (TPSA) is 175 Å². The van der Waals surface area contributed by atoms with E-state index in [0.29, 0.717) is 40.9 Å². The fourth-order valence-electron chi connectivity index (χ4n) is 2.93. The van der Waals surface area contributed by atoms with Gasteiger partial charge in [0.1, 0.15) is 17.3 Å². The number of ether oxygens (including phenoxy) is 1. The fourth-order valence-corrected chi connectivity index (χ4v) is 3.86. The Bertz CT molecular complexity index is 1370. The molecule has 1 fully saturated rings. The van der Waals surface area contributed by atoms with Crippen molar-refractivity contribution in [1.82, 2.24) is 9.97 Å². The number of aromatic nitrogens is 2. The Labute approximate surface area is 215 Å². The molecule has 3 aromatic rings. The van der Waals surface area contributed by atoms with Gasteiger partial charge in [0, 0.05) is 17.6 Å². The van der Waals surface area contributed by atoms with Crippen molar-refractivity contribution >= 4 is 68.1 Å². The Kier molecular flexibility index (Phi) is 8.57. The molecule has 12 nitrogen and oxygen atoms in total. The number of nitrogens with zero attached hydrogens (tertiary/aromatic N) is 3. The highest BCUT2D eigenvalue weighted by molar-refractivity contribution is 7.85. The number of carbonyl (C=O) groups is 2. The average Bonchev–Trinajstić information content (AvgIpc) is 3.40. The number of thiazole rings is 1. The van der Waals surface area contributed by atoms with Crippen LogP contribution in [0.4, 0.5) is 17.2 Å². The van der Waals surface area contributed by atoms with Crippen molar-refractivity contribution in [2.24, 2.45) is 0 Å². The molecule has 1 aromatic carbocycles. The van der Waals surface area contributed by atoms with Crippen molar-refractivity contribution in [3.8, 4) is 0 Å². The maximum absolute atomic E-state index is 12.8. The number of carbonyl (C=O) groups excluding carboxylic acids is 2. The highest BCUT2D eigenvalue weighted by Crippen LogP contribution is 2.23. The molecule has 1 aliphatic rings.